The van der Waals surface area contributed by atoms with Crippen LogP contribution in [0.4, 0.5) is 0 Å². The summed E-state index contributed by atoms with van der Waals surface area (Å²) in [6.07, 6.45) is 0.777. The lowest BCUT2D eigenvalue weighted by atomic mass is 10.1. The molecule has 0 aliphatic carbocycles. The van der Waals surface area contributed by atoms with Gasteiger partial charge in [-0.3, -0.25) is 4.79 Å². The molecule has 0 unspecified atom stereocenters. The van der Waals surface area contributed by atoms with Gasteiger partial charge in [-0.1, -0.05) is 26.0 Å². The molecular weight excluding hydrogens is 280 g/mol. The van der Waals surface area contributed by atoms with Gasteiger partial charge in [-0.15, -0.1) is 0 Å². The van der Waals surface area contributed by atoms with E-state index in [2.05, 4.69) is 34.9 Å². The molecule has 0 spiro atoms. The average molecular weight is 293 g/mol. The molecule has 0 atom stereocenters. The second kappa shape index (κ2) is 4.84. The summed E-state index contributed by atoms with van der Waals surface area (Å²) in [6.45, 7) is 4.16. The van der Waals surface area contributed by atoms with Crippen molar-refractivity contribution in [3.8, 4) is 5.69 Å². The first-order valence-corrected chi connectivity index (χ1v) is 6.23. The second-order valence-electron chi connectivity index (χ2n) is 4.13. The lowest BCUT2D eigenvalue weighted by Gasteiger charge is -2.11. The third kappa shape index (κ3) is 2.31. The molecule has 3 nitrogen and oxygen atoms in total. The SMILES string of the molecule is CC(C)c1cc(C=O)nn1-c1ccccc1Br. The molecule has 0 saturated heterocycles. The zero-order valence-electron chi connectivity index (χ0n) is 9.72. The molecular formula is C13H13BrN2O. The molecule has 1 aromatic carbocycles. The standard InChI is InChI=1S/C13H13BrN2O/c1-9(2)13-7-10(8-17)15-16(13)12-6-4-3-5-11(12)14/h3-9H,1-2H3. The Balaban J connectivity index is 2.62. The fourth-order valence-electron chi connectivity index (χ4n) is 1.70. The Hall–Kier alpha value is -1.42. The van der Waals surface area contributed by atoms with Crippen LogP contribution >= 0.6 is 15.9 Å². The highest BCUT2D eigenvalue weighted by Gasteiger charge is 2.13. The predicted molar refractivity (Wildman–Crippen MR) is 70.7 cm³/mol. The number of halogens is 1. The molecule has 1 heterocycles. The van der Waals surface area contributed by atoms with Crippen molar-refractivity contribution in [1.29, 1.82) is 0 Å². The second-order valence-corrected chi connectivity index (χ2v) is 4.98. The van der Waals surface area contributed by atoms with E-state index in [1.165, 1.54) is 0 Å². The predicted octanol–water partition coefficient (Wildman–Crippen LogP) is 3.57. The van der Waals surface area contributed by atoms with E-state index in [1.807, 2.05) is 35.0 Å². The topological polar surface area (TPSA) is 34.9 Å². The summed E-state index contributed by atoms with van der Waals surface area (Å²) in [5.74, 6) is 0.309. The Kier molecular flexibility index (Phi) is 3.43. The molecule has 0 fully saturated rings. The number of nitrogens with zero attached hydrogens (tertiary/aromatic N) is 2. The van der Waals surface area contributed by atoms with Crippen molar-refractivity contribution in [3.05, 3.63) is 46.2 Å². The van der Waals surface area contributed by atoms with Crippen LogP contribution in [-0.4, -0.2) is 16.1 Å². The number of carbonyl (C=O) groups is 1. The van der Waals surface area contributed by atoms with E-state index in [-0.39, 0.29) is 0 Å². The van der Waals surface area contributed by atoms with Crippen LogP contribution in [0.5, 0.6) is 0 Å². The lowest BCUT2D eigenvalue weighted by Crippen LogP contribution is -2.04. The number of aromatic nitrogens is 2. The number of hydrogen-bond acceptors (Lipinski definition) is 2. The Labute approximate surface area is 109 Å². The fourth-order valence-corrected chi connectivity index (χ4v) is 2.15. The van der Waals surface area contributed by atoms with Crippen LogP contribution in [0.25, 0.3) is 5.69 Å². The van der Waals surface area contributed by atoms with Gasteiger partial charge in [-0.2, -0.15) is 5.10 Å². The maximum Gasteiger partial charge on any atom is 0.170 e. The molecule has 4 heteroatoms. The van der Waals surface area contributed by atoms with E-state index in [0.29, 0.717) is 11.6 Å². The molecule has 0 amide bonds. The van der Waals surface area contributed by atoms with E-state index >= 15 is 0 Å². The maximum atomic E-state index is 10.8. The monoisotopic (exact) mass is 292 g/mol. The zero-order valence-corrected chi connectivity index (χ0v) is 11.3. The van der Waals surface area contributed by atoms with Gasteiger partial charge in [0.2, 0.25) is 0 Å². The van der Waals surface area contributed by atoms with Crippen LogP contribution in [0.15, 0.2) is 34.8 Å². The first-order chi connectivity index (χ1) is 8.13. The molecule has 2 aromatic rings. The minimum atomic E-state index is 0.309. The Bertz CT molecular complexity index is 546. The van der Waals surface area contributed by atoms with Crippen LogP contribution in [-0.2, 0) is 0 Å². The highest BCUT2D eigenvalue weighted by Crippen LogP contribution is 2.25. The van der Waals surface area contributed by atoms with E-state index in [0.717, 1.165) is 22.1 Å². The zero-order chi connectivity index (χ0) is 12.4. The fraction of sp³-hybridized carbons (Fsp3) is 0.231. The molecule has 0 aliphatic rings. The van der Waals surface area contributed by atoms with Crippen molar-refractivity contribution in [2.24, 2.45) is 0 Å². The largest absolute Gasteiger partial charge is 0.296 e. The van der Waals surface area contributed by atoms with Crippen LogP contribution < -0.4 is 0 Å². The first kappa shape index (κ1) is 12.0. The summed E-state index contributed by atoms with van der Waals surface area (Å²) in [7, 11) is 0. The van der Waals surface area contributed by atoms with Gasteiger partial charge in [0.05, 0.1) is 5.69 Å². The van der Waals surface area contributed by atoms with Crippen LogP contribution in [0, 0.1) is 0 Å². The van der Waals surface area contributed by atoms with Gasteiger partial charge in [-0.05, 0) is 40.0 Å². The van der Waals surface area contributed by atoms with Crippen molar-refractivity contribution in [3.63, 3.8) is 0 Å². The minimum Gasteiger partial charge on any atom is -0.296 e. The Morgan fingerprint density at radius 3 is 2.65 bits per heavy atom. The van der Waals surface area contributed by atoms with E-state index in [9.17, 15) is 4.79 Å². The van der Waals surface area contributed by atoms with Crippen molar-refractivity contribution < 1.29 is 4.79 Å². The first-order valence-electron chi connectivity index (χ1n) is 5.43. The molecule has 0 saturated carbocycles. The Morgan fingerprint density at radius 1 is 1.35 bits per heavy atom. The third-order valence-electron chi connectivity index (χ3n) is 2.55. The highest BCUT2D eigenvalue weighted by molar-refractivity contribution is 9.10. The molecule has 0 radical (unpaired) electrons. The average Bonchev–Trinajstić information content (AvgIpc) is 2.73. The summed E-state index contributed by atoms with van der Waals surface area (Å²) < 4.78 is 2.78. The molecule has 1 aromatic heterocycles. The summed E-state index contributed by atoms with van der Waals surface area (Å²) in [5, 5.41) is 4.30. The highest BCUT2D eigenvalue weighted by atomic mass is 79.9. The van der Waals surface area contributed by atoms with Crippen molar-refractivity contribution in [2.75, 3.05) is 0 Å². The van der Waals surface area contributed by atoms with Crippen LogP contribution in [0.3, 0.4) is 0 Å². The van der Waals surface area contributed by atoms with Gasteiger partial charge in [0.15, 0.2) is 6.29 Å². The normalized spacial score (nSPS) is 10.8. The maximum absolute atomic E-state index is 10.8. The summed E-state index contributed by atoms with van der Waals surface area (Å²) in [4.78, 5) is 10.8. The van der Waals surface area contributed by atoms with Crippen molar-refractivity contribution in [2.45, 2.75) is 19.8 Å². The number of hydrogen-bond donors (Lipinski definition) is 0. The number of rotatable bonds is 3. The van der Waals surface area contributed by atoms with Crippen LogP contribution in [0.1, 0.15) is 35.9 Å². The number of carbonyl (C=O) groups excluding carboxylic acids is 1. The number of para-hydroxylation sites is 1. The molecule has 2 rings (SSSR count). The number of benzene rings is 1. The quantitative estimate of drug-likeness (QED) is 0.811. The third-order valence-corrected chi connectivity index (χ3v) is 3.22. The van der Waals surface area contributed by atoms with E-state index in [1.54, 1.807) is 0 Å². The smallest absolute Gasteiger partial charge is 0.170 e. The minimum absolute atomic E-state index is 0.309. The summed E-state index contributed by atoms with van der Waals surface area (Å²) >= 11 is 3.50. The summed E-state index contributed by atoms with van der Waals surface area (Å²) in [5.41, 5.74) is 2.44. The molecule has 0 aliphatic heterocycles. The summed E-state index contributed by atoms with van der Waals surface area (Å²) in [6, 6.07) is 9.66. The van der Waals surface area contributed by atoms with Gasteiger partial charge in [0, 0.05) is 10.2 Å². The van der Waals surface area contributed by atoms with Crippen molar-refractivity contribution >= 4 is 22.2 Å². The van der Waals surface area contributed by atoms with Gasteiger partial charge in [0.25, 0.3) is 0 Å². The van der Waals surface area contributed by atoms with Crippen molar-refractivity contribution in [1.82, 2.24) is 9.78 Å². The van der Waals surface area contributed by atoms with Gasteiger partial charge < -0.3 is 0 Å². The van der Waals surface area contributed by atoms with Crippen LogP contribution in [0.2, 0.25) is 0 Å². The molecule has 0 bridgehead atoms. The van der Waals surface area contributed by atoms with Gasteiger partial charge >= 0.3 is 0 Å². The van der Waals surface area contributed by atoms with E-state index < -0.39 is 0 Å². The van der Waals surface area contributed by atoms with E-state index in [4.69, 9.17) is 0 Å². The lowest BCUT2D eigenvalue weighted by molar-refractivity contribution is 0.111. The molecule has 17 heavy (non-hydrogen) atoms. The Morgan fingerprint density at radius 2 is 2.06 bits per heavy atom. The number of aldehydes is 1. The molecule has 0 N–H and O–H groups in total. The van der Waals surface area contributed by atoms with Gasteiger partial charge in [-0.25, -0.2) is 4.68 Å². The molecule has 88 valence electrons. The van der Waals surface area contributed by atoms with Gasteiger partial charge in [0.1, 0.15) is 5.69 Å².